The van der Waals surface area contributed by atoms with Crippen LogP contribution < -0.4 is 10.1 Å². The fraction of sp³-hybridized carbons (Fsp3) is 0.500. The summed E-state index contributed by atoms with van der Waals surface area (Å²) in [6.45, 7) is 7.85. The van der Waals surface area contributed by atoms with Crippen molar-refractivity contribution < 1.29 is 18.7 Å². The average Bonchev–Trinajstić information content (AvgIpc) is 2.82. The van der Waals surface area contributed by atoms with Crippen LogP contribution in [0.25, 0.3) is 0 Å². The Morgan fingerprint density at radius 1 is 1.06 bits per heavy atom. The molecule has 6 heteroatoms. The van der Waals surface area contributed by atoms with Crippen LogP contribution in [-0.2, 0) is 21.5 Å². The first kappa shape index (κ1) is 25.7. The molecule has 0 radical (unpaired) electrons. The van der Waals surface area contributed by atoms with E-state index in [0.717, 1.165) is 25.7 Å². The minimum atomic E-state index is -0.749. The SMILES string of the molecule is C[C@@H](C(=O)NC1CCCCC1)N(Cc1ccccc1F)C(=O)COc1ccc(C(C)(C)C)cc1. The molecule has 0 unspecified atom stereocenters. The maximum Gasteiger partial charge on any atom is 0.261 e. The molecular weight excluding hydrogens is 431 g/mol. The van der Waals surface area contributed by atoms with Crippen LogP contribution in [0.15, 0.2) is 48.5 Å². The Morgan fingerprint density at radius 3 is 2.32 bits per heavy atom. The van der Waals surface area contributed by atoms with E-state index in [1.165, 1.54) is 23.0 Å². The number of hydrogen-bond donors (Lipinski definition) is 1. The highest BCUT2D eigenvalue weighted by atomic mass is 19.1. The van der Waals surface area contributed by atoms with Gasteiger partial charge in [0.15, 0.2) is 6.61 Å². The Bertz CT molecular complexity index is 962. The minimum absolute atomic E-state index is 0.00289. The van der Waals surface area contributed by atoms with E-state index in [9.17, 15) is 14.0 Å². The molecule has 3 rings (SSSR count). The number of rotatable bonds is 8. The van der Waals surface area contributed by atoms with Crippen molar-refractivity contribution in [2.24, 2.45) is 0 Å². The minimum Gasteiger partial charge on any atom is -0.484 e. The summed E-state index contributed by atoms with van der Waals surface area (Å²) in [6.07, 6.45) is 5.28. The third kappa shape index (κ3) is 7.05. The van der Waals surface area contributed by atoms with Crippen LogP contribution in [0.5, 0.6) is 5.75 Å². The smallest absolute Gasteiger partial charge is 0.261 e. The first-order valence-electron chi connectivity index (χ1n) is 12.2. The van der Waals surface area contributed by atoms with Gasteiger partial charge in [0.2, 0.25) is 5.91 Å². The van der Waals surface area contributed by atoms with Crippen molar-refractivity contribution >= 4 is 11.8 Å². The second kappa shape index (κ2) is 11.5. The van der Waals surface area contributed by atoms with Crippen LogP contribution in [0.1, 0.15) is 70.9 Å². The van der Waals surface area contributed by atoms with Crippen molar-refractivity contribution in [2.45, 2.75) is 83.8 Å². The molecular formula is C28H37FN2O3. The van der Waals surface area contributed by atoms with Gasteiger partial charge >= 0.3 is 0 Å². The first-order valence-corrected chi connectivity index (χ1v) is 12.2. The molecule has 5 nitrogen and oxygen atoms in total. The van der Waals surface area contributed by atoms with Gasteiger partial charge in [-0.3, -0.25) is 9.59 Å². The third-order valence-corrected chi connectivity index (χ3v) is 6.50. The lowest BCUT2D eigenvalue weighted by molar-refractivity contribution is -0.142. The van der Waals surface area contributed by atoms with Crippen LogP contribution in [-0.4, -0.2) is 35.4 Å². The Morgan fingerprint density at radius 2 is 1.71 bits per heavy atom. The topological polar surface area (TPSA) is 58.6 Å². The summed E-state index contributed by atoms with van der Waals surface area (Å²) in [5.41, 5.74) is 1.55. The van der Waals surface area contributed by atoms with E-state index in [0.29, 0.717) is 11.3 Å². The summed E-state index contributed by atoms with van der Waals surface area (Å²) >= 11 is 0. The quantitative estimate of drug-likeness (QED) is 0.567. The lowest BCUT2D eigenvalue weighted by Crippen LogP contribution is -2.51. The monoisotopic (exact) mass is 468 g/mol. The molecule has 1 aliphatic carbocycles. The van der Waals surface area contributed by atoms with Gasteiger partial charge in [0.1, 0.15) is 17.6 Å². The summed E-state index contributed by atoms with van der Waals surface area (Å²) in [7, 11) is 0. The predicted molar refractivity (Wildman–Crippen MR) is 132 cm³/mol. The molecule has 1 atom stereocenters. The van der Waals surface area contributed by atoms with E-state index in [4.69, 9.17) is 4.74 Å². The first-order chi connectivity index (χ1) is 16.1. The predicted octanol–water partition coefficient (Wildman–Crippen LogP) is 5.37. The average molecular weight is 469 g/mol. The number of amides is 2. The molecule has 1 aliphatic rings. The van der Waals surface area contributed by atoms with Gasteiger partial charge in [0.25, 0.3) is 5.91 Å². The Labute approximate surface area is 202 Å². The molecule has 0 heterocycles. The zero-order valence-corrected chi connectivity index (χ0v) is 20.8. The van der Waals surface area contributed by atoms with E-state index in [-0.39, 0.29) is 36.4 Å². The molecule has 1 saturated carbocycles. The molecule has 2 aromatic carbocycles. The lowest BCUT2D eigenvalue weighted by Gasteiger charge is -2.31. The number of halogens is 1. The summed E-state index contributed by atoms with van der Waals surface area (Å²) < 4.78 is 20.1. The van der Waals surface area contributed by atoms with E-state index < -0.39 is 11.9 Å². The zero-order valence-electron chi connectivity index (χ0n) is 20.8. The molecule has 184 valence electrons. The molecule has 0 aromatic heterocycles. The normalized spacial score (nSPS) is 15.4. The summed E-state index contributed by atoms with van der Waals surface area (Å²) in [5.74, 6) is -0.411. The van der Waals surface area contributed by atoms with Gasteiger partial charge in [-0.05, 0) is 48.9 Å². The maximum atomic E-state index is 14.4. The second-order valence-electron chi connectivity index (χ2n) is 10.2. The summed E-state index contributed by atoms with van der Waals surface area (Å²) in [5, 5.41) is 3.08. The number of hydrogen-bond acceptors (Lipinski definition) is 3. The molecule has 0 aliphatic heterocycles. The standard InChI is InChI=1S/C28H37FN2O3/c1-20(27(33)30-23-11-6-5-7-12-23)31(18-21-10-8-9-13-25(21)29)26(32)19-34-24-16-14-22(15-17-24)28(2,3)4/h8-10,13-17,20,23H,5-7,11-12,18-19H2,1-4H3,(H,30,33)/t20-/m0/s1. The Balaban J connectivity index is 1.70. The molecule has 34 heavy (non-hydrogen) atoms. The fourth-order valence-electron chi connectivity index (χ4n) is 4.24. The van der Waals surface area contributed by atoms with Gasteiger partial charge in [0.05, 0.1) is 0 Å². The number of nitrogens with zero attached hydrogens (tertiary/aromatic N) is 1. The van der Waals surface area contributed by atoms with Gasteiger partial charge in [-0.2, -0.15) is 0 Å². The Kier molecular flexibility index (Phi) is 8.70. The van der Waals surface area contributed by atoms with Crippen LogP contribution in [0.2, 0.25) is 0 Å². The number of ether oxygens (including phenoxy) is 1. The van der Waals surface area contributed by atoms with E-state index in [2.05, 4.69) is 26.1 Å². The zero-order chi connectivity index (χ0) is 24.7. The molecule has 2 aromatic rings. The highest BCUT2D eigenvalue weighted by Crippen LogP contribution is 2.24. The maximum absolute atomic E-state index is 14.4. The van der Waals surface area contributed by atoms with Crippen LogP contribution in [0, 0.1) is 5.82 Å². The Hall–Kier alpha value is -2.89. The van der Waals surface area contributed by atoms with Crippen molar-refractivity contribution in [1.29, 1.82) is 0 Å². The fourth-order valence-corrected chi connectivity index (χ4v) is 4.24. The molecule has 0 saturated heterocycles. The van der Waals surface area contributed by atoms with Gasteiger partial charge < -0.3 is 15.0 Å². The highest BCUT2D eigenvalue weighted by Gasteiger charge is 2.29. The van der Waals surface area contributed by atoms with Crippen molar-refractivity contribution in [3.05, 3.63) is 65.5 Å². The number of carbonyl (C=O) groups excluding carboxylic acids is 2. The number of nitrogens with one attached hydrogen (secondary N) is 1. The van der Waals surface area contributed by atoms with E-state index in [1.807, 2.05) is 24.3 Å². The lowest BCUT2D eigenvalue weighted by atomic mass is 9.87. The molecule has 1 fully saturated rings. The highest BCUT2D eigenvalue weighted by molar-refractivity contribution is 5.88. The van der Waals surface area contributed by atoms with Gasteiger partial charge in [-0.15, -0.1) is 0 Å². The molecule has 2 amide bonds. The number of carbonyl (C=O) groups is 2. The molecule has 0 bridgehead atoms. The molecule has 1 N–H and O–H groups in total. The van der Waals surface area contributed by atoms with Crippen molar-refractivity contribution in [3.63, 3.8) is 0 Å². The van der Waals surface area contributed by atoms with Gasteiger partial charge in [0, 0.05) is 18.2 Å². The van der Waals surface area contributed by atoms with Crippen LogP contribution in [0.3, 0.4) is 0 Å². The van der Waals surface area contributed by atoms with Crippen LogP contribution in [0.4, 0.5) is 4.39 Å². The van der Waals surface area contributed by atoms with Gasteiger partial charge in [-0.25, -0.2) is 4.39 Å². The molecule has 0 spiro atoms. The van der Waals surface area contributed by atoms with Crippen LogP contribution >= 0.6 is 0 Å². The van der Waals surface area contributed by atoms with E-state index >= 15 is 0 Å². The largest absolute Gasteiger partial charge is 0.484 e. The van der Waals surface area contributed by atoms with Crippen molar-refractivity contribution in [1.82, 2.24) is 10.2 Å². The van der Waals surface area contributed by atoms with Crippen molar-refractivity contribution in [3.8, 4) is 5.75 Å². The summed E-state index contributed by atoms with van der Waals surface area (Å²) in [4.78, 5) is 27.6. The van der Waals surface area contributed by atoms with Gasteiger partial charge in [-0.1, -0.05) is 70.4 Å². The number of benzene rings is 2. The second-order valence-corrected chi connectivity index (χ2v) is 10.2. The van der Waals surface area contributed by atoms with E-state index in [1.54, 1.807) is 25.1 Å². The third-order valence-electron chi connectivity index (χ3n) is 6.50. The van der Waals surface area contributed by atoms with Crippen molar-refractivity contribution in [2.75, 3.05) is 6.61 Å². The summed E-state index contributed by atoms with van der Waals surface area (Å²) in [6, 6.07) is 13.4.